The second kappa shape index (κ2) is 6.76. The maximum absolute atomic E-state index is 5.84. The molecule has 0 bridgehead atoms. The fourth-order valence-corrected chi connectivity index (χ4v) is 2.59. The third-order valence-corrected chi connectivity index (χ3v) is 3.60. The quantitative estimate of drug-likeness (QED) is 0.868. The molecular weight excluding hydrogens is 224 g/mol. The van der Waals surface area contributed by atoms with Crippen molar-refractivity contribution in [1.29, 1.82) is 0 Å². The predicted octanol–water partition coefficient (Wildman–Crippen LogP) is 2.26. The summed E-state index contributed by atoms with van der Waals surface area (Å²) in [7, 11) is 0. The van der Waals surface area contributed by atoms with E-state index in [1.54, 1.807) is 0 Å². The number of hydrogen-bond donors (Lipinski definition) is 1. The van der Waals surface area contributed by atoms with E-state index in [0.717, 1.165) is 30.4 Å². The Labute approximate surface area is 110 Å². The van der Waals surface area contributed by atoms with E-state index >= 15 is 0 Å². The van der Waals surface area contributed by atoms with Gasteiger partial charge in [-0.1, -0.05) is 25.1 Å². The highest BCUT2D eigenvalue weighted by Gasteiger charge is 2.15. The minimum absolute atomic E-state index is 0.539. The average Bonchev–Trinajstić information content (AvgIpc) is 2.39. The number of piperidine rings is 1. The number of nitrogens with two attached hydrogens (primary N) is 1. The molecule has 18 heavy (non-hydrogen) atoms. The van der Waals surface area contributed by atoms with Crippen molar-refractivity contribution in [3.63, 3.8) is 0 Å². The summed E-state index contributed by atoms with van der Waals surface area (Å²) in [5.41, 5.74) is 6.78. The van der Waals surface area contributed by atoms with Crippen molar-refractivity contribution in [2.45, 2.75) is 26.3 Å². The third-order valence-electron chi connectivity index (χ3n) is 3.60. The third kappa shape index (κ3) is 3.72. The van der Waals surface area contributed by atoms with Gasteiger partial charge in [0.15, 0.2) is 0 Å². The van der Waals surface area contributed by atoms with E-state index in [4.69, 9.17) is 10.5 Å². The molecule has 0 radical (unpaired) electrons. The molecule has 1 atom stereocenters. The Kier molecular flexibility index (Phi) is 5.02. The Bertz CT molecular complexity index is 367. The van der Waals surface area contributed by atoms with Gasteiger partial charge in [-0.05, 0) is 31.4 Å². The lowest BCUT2D eigenvalue weighted by molar-refractivity contribution is 0.153. The Morgan fingerprint density at radius 2 is 2.22 bits per heavy atom. The minimum Gasteiger partial charge on any atom is -0.492 e. The highest BCUT2D eigenvalue weighted by molar-refractivity contribution is 5.32. The first kappa shape index (κ1) is 13.4. The number of benzene rings is 1. The Balaban J connectivity index is 1.77. The molecule has 1 aromatic rings. The first-order chi connectivity index (χ1) is 8.79. The summed E-state index contributed by atoms with van der Waals surface area (Å²) in [5.74, 6) is 1.76. The highest BCUT2D eigenvalue weighted by atomic mass is 16.5. The van der Waals surface area contributed by atoms with Gasteiger partial charge in [-0.3, -0.25) is 4.90 Å². The van der Waals surface area contributed by atoms with Crippen LogP contribution in [0.1, 0.15) is 25.3 Å². The number of likely N-dealkylation sites (tertiary alicyclic amines) is 1. The molecule has 3 heteroatoms. The molecule has 1 unspecified atom stereocenters. The van der Waals surface area contributed by atoms with Gasteiger partial charge in [-0.15, -0.1) is 0 Å². The van der Waals surface area contributed by atoms with E-state index in [-0.39, 0.29) is 0 Å². The van der Waals surface area contributed by atoms with Crippen molar-refractivity contribution in [1.82, 2.24) is 4.90 Å². The van der Waals surface area contributed by atoms with Gasteiger partial charge in [0.1, 0.15) is 12.4 Å². The number of hydrogen-bond acceptors (Lipinski definition) is 3. The van der Waals surface area contributed by atoms with Crippen molar-refractivity contribution >= 4 is 0 Å². The van der Waals surface area contributed by atoms with Crippen LogP contribution in [-0.4, -0.2) is 31.1 Å². The number of rotatable bonds is 5. The van der Waals surface area contributed by atoms with Crippen LogP contribution in [0.25, 0.3) is 0 Å². The van der Waals surface area contributed by atoms with Crippen molar-refractivity contribution in [2.24, 2.45) is 11.7 Å². The molecule has 0 aliphatic carbocycles. The molecule has 1 aliphatic heterocycles. The normalized spacial score (nSPS) is 20.9. The van der Waals surface area contributed by atoms with Crippen LogP contribution in [0, 0.1) is 5.92 Å². The lowest BCUT2D eigenvalue weighted by atomic mass is 10.0. The first-order valence-electron chi connectivity index (χ1n) is 6.92. The van der Waals surface area contributed by atoms with Gasteiger partial charge < -0.3 is 10.5 Å². The van der Waals surface area contributed by atoms with Crippen molar-refractivity contribution in [3.05, 3.63) is 29.8 Å². The van der Waals surface area contributed by atoms with Gasteiger partial charge in [0.25, 0.3) is 0 Å². The SMILES string of the molecule is CC1CCCN(CCOc2ccccc2CN)C1. The zero-order valence-corrected chi connectivity index (χ0v) is 11.3. The summed E-state index contributed by atoms with van der Waals surface area (Å²) in [4.78, 5) is 2.50. The summed E-state index contributed by atoms with van der Waals surface area (Å²) in [5, 5.41) is 0. The van der Waals surface area contributed by atoms with Crippen LogP contribution < -0.4 is 10.5 Å². The maximum atomic E-state index is 5.84. The van der Waals surface area contributed by atoms with Crippen molar-refractivity contribution in [3.8, 4) is 5.75 Å². The summed E-state index contributed by atoms with van der Waals surface area (Å²) < 4.78 is 5.84. The molecule has 1 fully saturated rings. The number of nitrogens with zero attached hydrogens (tertiary/aromatic N) is 1. The van der Waals surface area contributed by atoms with Crippen LogP contribution in [0.2, 0.25) is 0 Å². The lowest BCUT2D eigenvalue weighted by Crippen LogP contribution is -2.37. The molecule has 3 nitrogen and oxygen atoms in total. The molecular formula is C15H24N2O. The summed E-state index contributed by atoms with van der Waals surface area (Å²) in [6.45, 7) is 7.06. The molecule has 0 aromatic heterocycles. The van der Waals surface area contributed by atoms with Crippen LogP contribution in [0.5, 0.6) is 5.75 Å². The standard InChI is InChI=1S/C15H24N2O/c1-13-5-4-8-17(12-13)9-10-18-15-7-3-2-6-14(15)11-16/h2-3,6-7,13H,4-5,8-12,16H2,1H3. The molecule has 1 heterocycles. The van der Waals surface area contributed by atoms with E-state index in [2.05, 4.69) is 11.8 Å². The van der Waals surface area contributed by atoms with Crippen LogP contribution in [0.3, 0.4) is 0 Å². The fraction of sp³-hybridized carbons (Fsp3) is 0.600. The summed E-state index contributed by atoms with van der Waals surface area (Å²) in [6, 6.07) is 8.03. The van der Waals surface area contributed by atoms with Crippen LogP contribution in [0.4, 0.5) is 0 Å². The number of para-hydroxylation sites is 1. The predicted molar refractivity (Wildman–Crippen MR) is 74.7 cm³/mol. The molecule has 0 saturated carbocycles. The van der Waals surface area contributed by atoms with Crippen molar-refractivity contribution < 1.29 is 4.74 Å². The average molecular weight is 248 g/mol. The van der Waals surface area contributed by atoms with Gasteiger partial charge >= 0.3 is 0 Å². The summed E-state index contributed by atoms with van der Waals surface area (Å²) >= 11 is 0. The van der Waals surface area contributed by atoms with E-state index in [1.807, 2.05) is 24.3 Å². The minimum atomic E-state index is 0.539. The zero-order chi connectivity index (χ0) is 12.8. The van der Waals surface area contributed by atoms with E-state index < -0.39 is 0 Å². The molecule has 1 aliphatic rings. The maximum Gasteiger partial charge on any atom is 0.123 e. The van der Waals surface area contributed by atoms with Gasteiger partial charge in [0.05, 0.1) is 0 Å². The second-order valence-corrected chi connectivity index (χ2v) is 5.21. The molecule has 2 rings (SSSR count). The Morgan fingerprint density at radius 1 is 1.39 bits per heavy atom. The number of ether oxygens (including phenoxy) is 1. The van der Waals surface area contributed by atoms with E-state index in [0.29, 0.717) is 6.54 Å². The van der Waals surface area contributed by atoms with Crippen LogP contribution >= 0.6 is 0 Å². The van der Waals surface area contributed by atoms with Gasteiger partial charge in [-0.25, -0.2) is 0 Å². The summed E-state index contributed by atoms with van der Waals surface area (Å²) in [6.07, 6.45) is 2.69. The van der Waals surface area contributed by atoms with Gasteiger partial charge in [0, 0.05) is 25.2 Å². The Hall–Kier alpha value is -1.06. The van der Waals surface area contributed by atoms with E-state index in [1.165, 1.54) is 25.9 Å². The monoisotopic (exact) mass is 248 g/mol. The van der Waals surface area contributed by atoms with E-state index in [9.17, 15) is 0 Å². The molecule has 0 spiro atoms. The van der Waals surface area contributed by atoms with Gasteiger partial charge in [-0.2, -0.15) is 0 Å². The highest BCUT2D eigenvalue weighted by Crippen LogP contribution is 2.18. The molecule has 100 valence electrons. The lowest BCUT2D eigenvalue weighted by Gasteiger charge is -2.30. The molecule has 2 N–H and O–H groups in total. The molecule has 1 aromatic carbocycles. The Morgan fingerprint density at radius 3 is 3.00 bits per heavy atom. The molecule has 1 saturated heterocycles. The molecule has 0 amide bonds. The topological polar surface area (TPSA) is 38.5 Å². The largest absolute Gasteiger partial charge is 0.492 e. The van der Waals surface area contributed by atoms with Crippen molar-refractivity contribution in [2.75, 3.05) is 26.2 Å². The van der Waals surface area contributed by atoms with Crippen LogP contribution in [0.15, 0.2) is 24.3 Å². The smallest absolute Gasteiger partial charge is 0.123 e. The van der Waals surface area contributed by atoms with Crippen LogP contribution in [-0.2, 0) is 6.54 Å². The zero-order valence-electron chi connectivity index (χ0n) is 11.3. The second-order valence-electron chi connectivity index (χ2n) is 5.21. The first-order valence-corrected chi connectivity index (χ1v) is 6.92. The fourth-order valence-electron chi connectivity index (χ4n) is 2.59. The van der Waals surface area contributed by atoms with Gasteiger partial charge in [0.2, 0.25) is 0 Å².